The molecule has 2 unspecified atom stereocenters. The Kier molecular flexibility index (Phi) is 5.53. The van der Waals surface area contributed by atoms with Crippen LogP contribution >= 0.6 is 0 Å². The van der Waals surface area contributed by atoms with E-state index in [2.05, 4.69) is 44.8 Å². The van der Waals surface area contributed by atoms with Gasteiger partial charge in [-0.2, -0.15) is 0 Å². The molecule has 118 valence electrons. The summed E-state index contributed by atoms with van der Waals surface area (Å²) < 4.78 is 0. The van der Waals surface area contributed by atoms with Crippen molar-refractivity contribution in [2.24, 2.45) is 17.3 Å². The maximum absolute atomic E-state index is 3.83. The average molecular weight is 280 g/mol. The molecule has 2 nitrogen and oxygen atoms in total. The highest BCUT2D eigenvalue weighted by Gasteiger charge is 2.35. The van der Waals surface area contributed by atoms with Crippen LogP contribution in [0.15, 0.2) is 0 Å². The van der Waals surface area contributed by atoms with Crippen LogP contribution in [0.25, 0.3) is 0 Å². The van der Waals surface area contributed by atoms with Crippen molar-refractivity contribution in [2.45, 2.75) is 78.8 Å². The highest BCUT2D eigenvalue weighted by atomic mass is 15.2. The van der Waals surface area contributed by atoms with Crippen molar-refractivity contribution in [3.63, 3.8) is 0 Å². The Morgan fingerprint density at radius 2 is 1.80 bits per heavy atom. The van der Waals surface area contributed by atoms with Crippen molar-refractivity contribution in [3.05, 3.63) is 0 Å². The fraction of sp³-hybridized carbons (Fsp3) is 1.00. The van der Waals surface area contributed by atoms with Crippen LogP contribution in [0.2, 0.25) is 0 Å². The minimum Gasteiger partial charge on any atom is -0.311 e. The molecule has 2 heteroatoms. The van der Waals surface area contributed by atoms with Crippen LogP contribution in [0, 0.1) is 17.3 Å². The summed E-state index contributed by atoms with van der Waals surface area (Å²) in [5, 5.41) is 3.83. The summed E-state index contributed by atoms with van der Waals surface area (Å²) in [6.07, 6.45) is 7.22. The molecule has 20 heavy (non-hydrogen) atoms. The number of nitrogens with one attached hydrogen (secondary N) is 1. The number of nitrogens with zero attached hydrogens (tertiary/aromatic N) is 1. The summed E-state index contributed by atoms with van der Waals surface area (Å²) in [5.74, 6) is 1.78. The highest BCUT2D eigenvalue weighted by Crippen LogP contribution is 2.30. The quantitative estimate of drug-likeness (QED) is 0.840. The first-order chi connectivity index (χ1) is 9.36. The van der Waals surface area contributed by atoms with Crippen LogP contribution < -0.4 is 5.32 Å². The Bertz CT molecular complexity index is 286. The summed E-state index contributed by atoms with van der Waals surface area (Å²) in [7, 11) is 0. The highest BCUT2D eigenvalue weighted by molar-refractivity contribution is 4.93. The SMILES string of the molecule is CC(C)CC1CNC(C(C)(C)C)CN1CC1CCCC1. The summed E-state index contributed by atoms with van der Waals surface area (Å²) >= 11 is 0. The zero-order valence-electron chi connectivity index (χ0n) is 14.4. The van der Waals surface area contributed by atoms with Gasteiger partial charge in [-0.25, -0.2) is 0 Å². The molecule has 0 aromatic heterocycles. The third-order valence-electron chi connectivity index (χ3n) is 5.29. The van der Waals surface area contributed by atoms with Crippen LogP contribution in [0.1, 0.15) is 66.7 Å². The van der Waals surface area contributed by atoms with Crippen LogP contribution in [0.3, 0.4) is 0 Å². The van der Waals surface area contributed by atoms with E-state index in [1.165, 1.54) is 51.7 Å². The molecule has 1 saturated carbocycles. The largest absolute Gasteiger partial charge is 0.311 e. The van der Waals surface area contributed by atoms with Crippen LogP contribution in [-0.4, -0.2) is 36.6 Å². The lowest BCUT2D eigenvalue weighted by Gasteiger charge is -2.46. The van der Waals surface area contributed by atoms with Crippen molar-refractivity contribution in [2.75, 3.05) is 19.6 Å². The molecular weight excluding hydrogens is 244 g/mol. The minimum atomic E-state index is 0.372. The van der Waals surface area contributed by atoms with E-state index in [9.17, 15) is 0 Å². The molecule has 1 N–H and O–H groups in total. The van der Waals surface area contributed by atoms with Crippen molar-refractivity contribution in [3.8, 4) is 0 Å². The first kappa shape index (κ1) is 16.3. The zero-order chi connectivity index (χ0) is 14.8. The second-order valence-electron chi connectivity index (χ2n) is 8.71. The summed E-state index contributed by atoms with van der Waals surface area (Å²) in [5.41, 5.74) is 0.372. The van der Waals surface area contributed by atoms with Crippen LogP contribution in [-0.2, 0) is 0 Å². The Labute approximate surface area is 126 Å². The van der Waals surface area contributed by atoms with Gasteiger partial charge in [0.2, 0.25) is 0 Å². The molecule has 0 radical (unpaired) electrons. The third kappa shape index (κ3) is 4.46. The molecule has 1 aliphatic carbocycles. The van der Waals surface area contributed by atoms with Gasteiger partial charge in [0.1, 0.15) is 0 Å². The average Bonchev–Trinajstić information content (AvgIpc) is 2.82. The summed E-state index contributed by atoms with van der Waals surface area (Å²) in [6, 6.07) is 1.40. The van der Waals surface area contributed by atoms with Gasteiger partial charge in [-0.1, -0.05) is 47.5 Å². The molecule has 2 aliphatic rings. The van der Waals surface area contributed by atoms with E-state index in [1.54, 1.807) is 0 Å². The molecule has 1 aliphatic heterocycles. The Hall–Kier alpha value is -0.0800. The first-order valence-corrected chi connectivity index (χ1v) is 8.83. The van der Waals surface area contributed by atoms with Gasteiger partial charge in [0.15, 0.2) is 0 Å². The number of piperazine rings is 1. The van der Waals surface area contributed by atoms with Gasteiger partial charge in [-0.3, -0.25) is 4.90 Å². The lowest BCUT2D eigenvalue weighted by molar-refractivity contribution is 0.0627. The predicted molar refractivity (Wildman–Crippen MR) is 88.0 cm³/mol. The Balaban J connectivity index is 1.98. The van der Waals surface area contributed by atoms with Gasteiger partial charge < -0.3 is 5.32 Å². The summed E-state index contributed by atoms with van der Waals surface area (Å²) in [6.45, 7) is 15.6. The van der Waals surface area contributed by atoms with Crippen molar-refractivity contribution in [1.29, 1.82) is 0 Å². The molecule has 0 aromatic carbocycles. The lowest BCUT2D eigenvalue weighted by atomic mass is 9.83. The van der Waals surface area contributed by atoms with Crippen molar-refractivity contribution >= 4 is 0 Å². The van der Waals surface area contributed by atoms with E-state index in [0.29, 0.717) is 11.5 Å². The van der Waals surface area contributed by atoms with Gasteiger partial charge in [0.25, 0.3) is 0 Å². The zero-order valence-corrected chi connectivity index (χ0v) is 14.4. The first-order valence-electron chi connectivity index (χ1n) is 8.83. The molecule has 1 heterocycles. The molecule has 2 atom stereocenters. The lowest BCUT2D eigenvalue weighted by Crippen LogP contribution is -2.61. The fourth-order valence-corrected chi connectivity index (χ4v) is 3.96. The molecular formula is C18H36N2. The smallest absolute Gasteiger partial charge is 0.0244 e. The van der Waals surface area contributed by atoms with Gasteiger partial charge in [0, 0.05) is 31.7 Å². The molecule has 0 aromatic rings. The maximum Gasteiger partial charge on any atom is 0.0244 e. The Morgan fingerprint density at radius 3 is 2.35 bits per heavy atom. The third-order valence-corrected chi connectivity index (χ3v) is 5.29. The fourth-order valence-electron chi connectivity index (χ4n) is 3.96. The van der Waals surface area contributed by atoms with E-state index in [0.717, 1.165) is 17.9 Å². The maximum atomic E-state index is 3.83. The number of hydrogen-bond acceptors (Lipinski definition) is 2. The molecule has 1 saturated heterocycles. The minimum absolute atomic E-state index is 0.372. The molecule has 2 fully saturated rings. The van der Waals surface area contributed by atoms with Crippen molar-refractivity contribution in [1.82, 2.24) is 10.2 Å². The number of hydrogen-bond donors (Lipinski definition) is 1. The van der Waals surface area contributed by atoms with Gasteiger partial charge in [-0.15, -0.1) is 0 Å². The van der Waals surface area contributed by atoms with E-state index in [-0.39, 0.29) is 0 Å². The normalized spacial score (nSPS) is 30.3. The van der Waals surface area contributed by atoms with E-state index in [1.807, 2.05) is 0 Å². The topological polar surface area (TPSA) is 15.3 Å². The van der Waals surface area contributed by atoms with E-state index < -0.39 is 0 Å². The van der Waals surface area contributed by atoms with Crippen molar-refractivity contribution < 1.29 is 0 Å². The molecule has 2 rings (SSSR count). The van der Waals surface area contributed by atoms with E-state index in [4.69, 9.17) is 0 Å². The molecule has 0 bridgehead atoms. The Morgan fingerprint density at radius 1 is 1.15 bits per heavy atom. The van der Waals surface area contributed by atoms with Gasteiger partial charge >= 0.3 is 0 Å². The molecule has 0 amide bonds. The van der Waals surface area contributed by atoms with Crippen LogP contribution in [0.5, 0.6) is 0 Å². The second-order valence-corrected chi connectivity index (χ2v) is 8.71. The van der Waals surface area contributed by atoms with Crippen LogP contribution in [0.4, 0.5) is 0 Å². The summed E-state index contributed by atoms with van der Waals surface area (Å²) in [4.78, 5) is 2.84. The second kappa shape index (κ2) is 6.79. The van der Waals surface area contributed by atoms with E-state index >= 15 is 0 Å². The standard InChI is InChI=1S/C18H36N2/c1-14(2)10-16-11-19-17(18(3,4)5)13-20(16)12-15-8-6-7-9-15/h14-17,19H,6-13H2,1-5H3. The monoisotopic (exact) mass is 280 g/mol. The van der Waals surface area contributed by atoms with Gasteiger partial charge in [0.05, 0.1) is 0 Å². The van der Waals surface area contributed by atoms with Gasteiger partial charge in [-0.05, 0) is 36.5 Å². The molecule has 0 spiro atoms. The predicted octanol–water partition coefficient (Wildman–Crippen LogP) is 3.91. The number of rotatable bonds is 4.